The molecule has 0 atom stereocenters. The van der Waals surface area contributed by atoms with E-state index in [1.807, 2.05) is 41.2 Å². The first-order valence-electron chi connectivity index (χ1n) is 6.00. The van der Waals surface area contributed by atoms with E-state index in [-0.39, 0.29) is 5.54 Å². The van der Waals surface area contributed by atoms with Crippen LogP contribution in [0, 0.1) is 0 Å². The second kappa shape index (κ2) is 5.24. The van der Waals surface area contributed by atoms with Crippen molar-refractivity contribution in [3.63, 3.8) is 0 Å². The van der Waals surface area contributed by atoms with E-state index in [1.165, 1.54) is 0 Å². The molecule has 0 bridgehead atoms. The van der Waals surface area contributed by atoms with Crippen LogP contribution in [0.5, 0.6) is 0 Å². The van der Waals surface area contributed by atoms with Gasteiger partial charge in [0.1, 0.15) is 0 Å². The molecule has 1 aromatic carbocycles. The van der Waals surface area contributed by atoms with Gasteiger partial charge in [0.15, 0.2) is 0 Å². The molecule has 96 valence electrons. The van der Waals surface area contributed by atoms with Crippen LogP contribution in [-0.2, 0) is 6.54 Å². The van der Waals surface area contributed by atoms with Gasteiger partial charge in [-0.1, -0.05) is 12.1 Å². The van der Waals surface area contributed by atoms with Crippen LogP contribution in [0.15, 0.2) is 41.0 Å². The number of para-hydroxylation sites is 1. The molecule has 4 heteroatoms. The van der Waals surface area contributed by atoms with Crippen LogP contribution in [0.1, 0.15) is 26.5 Å². The Bertz CT molecular complexity index is 526. The number of hydrogen-bond acceptors (Lipinski definition) is 2. The molecule has 1 aromatic heterocycles. The Kier molecular flexibility index (Phi) is 3.88. The van der Waals surface area contributed by atoms with Gasteiger partial charge in [-0.2, -0.15) is 5.10 Å². The fourth-order valence-corrected chi connectivity index (χ4v) is 2.05. The maximum Gasteiger partial charge on any atom is 0.0787 e. The molecule has 0 unspecified atom stereocenters. The van der Waals surface area contributed by atoms with E-state index in [9.17, 15) is 0 Å². The third-order valence-electron chi connectivity index (χ3n) is 2.54. The zero-order chi connectivity index (χ0) is 13.2. The van der Waals surface area contributed by atoms with E-state index >= 15 is 0 Å². The van der Waals surface area contributed by atoms with Crippen molar-refractivity contribution in [3.8, 4) is 5.69 Å². The number of halogens is 1. The maximum atomic E-state index is 4.57. The molecule has 3 nitrogen and oxygen atoms in total. The molecular formula is C14H18BrN3. The van der Waals surface area contributed by atoms with E-state index < -0.39 is 0 Å². The number of hydrogen-bond donors (Lipinski definition) is 1. The number of benzene rings is 1. The van der Waals surface area contributed by atoms with Crippen molar-refractivity contribution in [2.75, 3.05) is 0 Å². The molecule has 0 aliphatic rings. The molecule has 0 amide bonds. The largest absolute Gasteiger partial charge is 0.306 e. The summed E-state index contributed by atoms with van der Waals surface area (Å²) < 4.78 is 2.94. The maximum absolute atomic E-state index is 4.57. The lowest BCUT2D eigenvalue weighted by Gasteiger charge is -2.19. The quantitative estimate of drug-likeness (QED) is 0.940. The Labute approximate surface area is 116 Å². The minimum atomic E-state index is 0.108. The summed E-state index contributed by atoms with van der Waals surface area (Å²) in [4.78, 5) is 0. The van der Waals surface area contributed by atoms with Crippen molar-refractivity contribution in [2.24, 2.45) is 0 Å². The molecule has 18 heavy (non-hydrogen) atoms. The standard InChI is InChI=1S/C14H18BrN3/c1-14(2,3)16-10-11-8-9-18(17-11)13-7-5-4-6-12(13)15/h4-9,16H,10H2,1-3H3. The van der Waals surface area contributed by atoms with Gasteiger partial charge in [0.05, 0.1) is 11.4 Å². The second-order valence-corrected chi connectivity index (χ2v) is 6.16. The van der Waals surface area contributed by atoms with Crippen molar-refractivity contribution in [1.29, 1.82) is 0 Å². The van der Waals surface area contributed by atoms with Crippen LogP contribution in [-0.4, -0.2) is 15.3 Å². The lowest BCUT2D eigenvalue weighted by molar-refractivity contribution is 0.420. The van der Waals surface area contributed by atoms with Crippen LogP contribution in [0.2, 0.25) is 0 Å². The van der Waals surface area contributed by atoms with Crippen LogP contribution < -0.4 is 5.32 Å². The topological polar surface area (TPSA) is 29.9 Å². The van der Waals surface area contributed by atoms with E-state index in [0.717, 1.165) is 22.4 Å². The number of rotatable bonds is 3. The highest BCUT2D eigenvalue weighted by Gasteiger charge is 2.10. The van der Waals surface area contributed by atoms with E-state index in [1.54, 1.807) is 0 Å². The van der Waals surface area contributed by atoms with Crippen molar-refractivity contribution in [2.45, 2.75) is 32.9 Å². The molecule has 0 aliphatic heterocycles. The average Bonchev–Trinajstić information content (AvgIpc) is 2.75. The molecule has 0 spiro atoms. The first-order chi connectivity index (χ1) is 8.46. The van der Waals surface area contributed by atoms with Crippen LogP contribution >= 0.6 is 15.9 Å². The zero-order valence-corrected chi connectivity index (χ0v) is 12.5. The Balaban J connectivity index is 2.14. The monoisotopic (exact) mass is 307 g/mol. The van der Waals surface area contributed by atoms with E-state index in [4.69, 9.17) is 0 Å². The normalized spacial score (nSPS) is 11.8. The molecular weight excluding hydrogens is 290 g/mol. The highest BCUT2D eigenvalue weighted by Crippen LogP contribution is 2.19. The van der Waals surface area contributed by atoms with Gasteiger partial charge >= 0.3 is 0 Å². The second-order valence-electron chi connectivity index (χ2n) is 5.31. The van der Waals surface area contributed by atoms with Crippen LogP contribution in [0.4, 0.5) is 0 Å². The van der Waals surface area contributed by atoms with Gasteiger partial charge in [0.25, 0.3) is 0 Å². The molecule has 0 saturated carbocycles. The predicted octanol–water partition coefficient (Wildman–Crippen LogP) is 3.52. The van der Waals surface area contributed by atoms with Crippen molar-refractivity contribution < 1.29 is 0 Å². The first kappa shape index (κ1) is 13.3. The summed E-state index contributed by atoms with van der Waals surface area (Å²) in [5.41, 5.74) is 2.21. The fourth-order valence-electron chi connectivity index (χ4n) is 1.58. The summed E-state index contributed by atoms with van der Waals surface area (Å²) in [6.07, 6.45) is 1.99. The van der Waals surface area contributed by atoms with Gasteiger partial charge in [-0.25, -0.2) is 4.68 Å². The smallest absolute Gasteiger partial charge is 0.0787 e. The summed E-state index contributed by atoms with van der Waals surface area (Å²) in [7, 11) is 0. The van der Waals surface area contributed by atoms with Gasteiger partial charge in [-0.3, -0.25) is 0 Å². The minimum Gasteiger partial charge on any atom is -0.306 e. The Morgan fingerprint density at radius 2 is 1.94 bits per heavy atom. The van der Waals surface area contributed by atoms with E-state index in [0.29, 0.717) is 0 Å². The predicted molar refractivity (Wildman–Crippen MR) is 77.9 cm³/mol. The highest BCUT2D eigenvalue weighted by molar-refractivity contribution is 9.10. The van der Waals surface area contributed by atoms with Crippen LogP contribution in [0.3, 0.4) is 0 Å². The van der Waals surface area contributed by atoms with E-state index in [2.05, 4.69) is 47.1 Å². The molecule has 2 aromatic rings. The molecule has 1 N–H and O–H groups in total. The van der Waals surface area contributed by atoms with Gasteiger partial charge in [-0.05, 0) is 54.9 Å². The van der Waals surface area contributed by atoms with Crippen molar-refractivity contribution in [3.05, 3.63) is 46.7 Å². The zero-order valence-electron chi connectivity index (χ0n) is 10.9. The molecule has 0 aliphatic carbocycles. The number of nitrogens with zero attached hydrogens (tertiary/aromatic N) is 2. The average molecular weight is 308 g/mol. The number of aromatic nitrogens is 2. The molecule has 0 radical (unpaired) electrons. The van der Waals surface area contributed by atoms with Crippen molar-refractivity contribution >= 4 is 15.9 Å². The first-order valence-corrected chi connectivity index (χ1v) is 6.79. The van der Waals surface area contributed by atoms with Gasteiger partial charge in [0.2, 0.25) is 0 Å². The highest BCUT2D eigenvalue weighted by atomic mass is 79.9. The fraction of sp³-hybridized carbons (Fsp3) is 0.357. The molecule has 1 heterocycles. The molecule has 0 saturated heterocycles. The Hall–Kier alpha value is -1.13. The SMILES string of the molecule is CC(C)(C)NCc1ccn(-c2ccccc2Br)n1. The lowest BCUT2D eigenvalue weighted by Crippen LogP contribution is -2.35. The summed E-state index contributed by atoms with van der Waals surface area (Å²) in [6, 6.07) is 10.1. The van der Waals surface area contributed by atoms with Gasteiger partial charge in [0, 0.05) is 22.8 Å². The molecule has 0 fully saturated rings. The summed E-state index contributed by atoms with van der Waals surface area (Å²) in [5.74, 6) is 0. The summed E-state index contributed by atoms with van der Waals surface area (Å²) >= 11 is 3.54. The Morgan fingerprint density at radius 1 is 1.22 bits per heavy atom. The van der Waals surface area contributed by atoms with Crippen molar-refractivity contribution in [1.82, 2.24) is 15.1 Å². The molecule has 2 rings (SSSR count). The third-order valence-corrected chi connectivity index (χ3v) is 3.21. The summed E-state index contributed by atoms with van der Waals surface area (Å²) in [5, 5.41) is 8.00. The Morgan fingerprint density at radius 3 is 2.61 bits per heavy atom. The third kappa shape index (κ3) is 3.43. The number of nitrogens with one attached hydrogen (secondary N) is 1. The van der Waals surface area contributed by atoms with Gasteiger partial charge in [-0.15, -0.1) is 0 Å². The minimum absolute atomic E-state index is 0.108. The van der Waals surface area contributed by atoms with Crippen LogP contribution in [0.25, 0.3) is 5.69 Å². The van der Waals surface area contributed by atoms with Gasteiger partial charge < -0.3 is 5.32 Å². The lowest BCUT2D eigenvalue weighted by atomic mass is 10.1. The summed E-state index contributed by atoms with van der Waals surface area (Å²) in [6.45, 7) is 7.23.